The maximum Gasteiger partial charge on any atom is 0.272 e. The summed E-state index contributed by atoms with van der Waals surface area (Å²) >= 11 is 8.79. The molecule has 0 fully saturated rings. The molecular weight excluding hydrogens is 600 g/mol. The third-order valence-corrected chi connectivity index (χ3v) is 8.26. The fourth-order valence-electron chi connectivity index (χ4n) is 3.96. The van der Waals surface area contributed by atoms with E-state index in [4.69, 9.17) is 11.6 Å². The highest BCUT2D eigenvalue weighted by Crippen LogP contribution is 2.36. The molecule has 0 aliphatic carbocycles. The molecule has 0 saturated heterocycles. The summed E-state index contributed by atoms with van der Waals surface area (Å²) < 4.78 is 0. The lowest BCUT2D eigenvalue weighted by atomic mass is 10.1. The predicted molar refractivity (Wildman–Crippen MR) is 174 cm³/mol. The highest BCUT2D eigenvalue weighted by molar-refractivity contribution is 8.00. The van der Waals surface area contributed by atoms with E-state index in [-0.39, 0.29) is 17.5 Å². The van der Waals surface area contributed by atoms with E-state index in [0.717, 1.165) is 16.0 Å². The fourth-order valence-corrected chi connectivity index (χ4v) is 5.71. The SMILES string of the molecule is O=C(Nc1ccc(SC(C(=O)Nc2ccc(Cl)cn2)c2ccccc2)cc1)/C(=C/c1ccsc1)NC(=O)c1ccccc1. The number of anilines is 2. The molecular formula is C33H25ClN4O3S2. The first-order valence-electron chi connectivity index (χ1n) is 13.1. The standard InChI is InChI=1S/C33H25ClN4O3S2/c34-25-11-16-29(35-20-25)38-33(41)30(23-7-3-1-4-8-23)43-27-14-12-26(13-15-27)36-32(40)28(19-22-17-18-42-21-22)37-31(39)24-9-5-2-6-10-24/h1-21,30H,(H,36,40)(H,37,39)(H,35,38,41)/b28-19-. The Bertz CT molecular complexity index is 1710. The first kappa shape index (κ1) is 29.8. The van der Waals surface area contributed by atoms with Gasteiger partial charge in [-0.25, -0.2) is 4.98 Å². The van der Waals surface area contributed by atoms with Gasteiger partial charge in [-0.3, -0.25) is 14.4 Å². The van der Waals surface area contributed by atoms with E-state index in [1.54, 1.807) is 54.6 Å². The van der Waals surface area contributed by atoms with Gasteiger partial charge in [0.15, 0.2) is 0 Å². The van der Waals surface area contributed by atoms with Crippen molar-refractivity contribution in [1.29, 1.82) is 0 Å². The van der Waals surface area contributed by atoms with Crippen LogP contribution in [0, 0.1) is 0 Å². The lowest BCUT2D eigenvalue weighted by Gasteiger charge is -2.17. The van der Waals surface area contributed by atoms with Crippen LogP contribution in [-0.4, -0.2) is 22.7 Å². The second-order valence-corrected chi connectivity index (χ2v) is 11.6. The molecule has 214 valence electrons. The van der Waals surface area contributed by atoms with Gasteiger partial charge in [0.25, 0.3) is 11.8 Å². The molecule has 3 amide bonds. The van der Waals surface area contributed by atoms with Crippen LogP contribution in [0.25, 0.3) is 6.08 Å². The number of aromatic nitrogens is 1. The summed E-state index contributed by atoms with van der Waals surface area (Å²) in [5.74, 6) is -0.684. The summed E-state index contributed by atoms with van der Waals surface area (Å²) in [7, 11) is 0. The first-order chi connectivity index (χ1) is 20.9. The average molecular weight is 625 g/mol. The highest BCUT2D eigenvalue weighted by atomic mass is 35.5. The second kappa shape index (κ2) is 14.5. The number of thiophene rings is 1. The van der Waals surface area contributed by atoms with E-state index in [2.05, 4.69) is 20.9 Å². The largest absolute Gasteiger partial charge is 0.321 e. The van der Waals surface area contributed by atoms with E-state index < -0.39 is 11.2 Å². The van der Waals surface area contributed by atoms with Crippen LogP contribution in [0.15, 0.2) is 131 Å². The molecule has 3 aromatic carbocycles. The first-order valence-corrected chi connectivity index (χ1v) is 15.3. The maximum atomic E-state index is 13.3. The Morgan fingerprint density at radius 1 is 0.837 bits per heavy atom. The molecule has 0 bridgehead atoms. The summed E-state index contributed by atoms with van der Waals surface area (Å²) in [6.45, 7) is 0. The Labute approximate surface area is 262 Å². The Balaban J connectivity index is 1.30. The minimum atomic E-state index is -0.563. The number of carbonyl (C=O) groups is 3. The van der Waals surface area contributed by atoms with Crippen LogP contribution in [-0.2, 0) is 9.59 Å². The lowest BCUT2D eigenvalue weighted by molar-refractivity contribution is -0.116. The van der Waals surface area contributed by atoms with E-state index in [1.807, 2.05) is 65.4 Å². The Morgan fingerprint density at radius 3 is 2.21 bits per heavy atom. The molecule has 1 unspecified atom stereocenters. The molecule has 0 saturated carbocycles. The van der Waals surface area contributed by atoms with E-state index in [0.29, 0.717) is 22.1 Å². The van der Waals surface area contributed by atoms with Crippen molar-refractivity contribution in [3.63, 3.8) is 0 Å². The number of nitrogens with one attached hydrogen (secondary N) is 3. The van der Waals surface area contributed by atoms with Gasteiger partial charge in [0.1, 0.15) is 16.8 Å². The quantitative estimate of drug-likeness (QED) is 0.109. The van der Waals surface area contributed by atoms with Crippen molar-refractivity contribution in [2.45, 2.75) is 10.1 Å². The number of benzene rings is 3. The zero-order chi connectivity index (χ0) is 30.0. The van der Waals surface area contributed by atoms with E-state index in [1.165, 1.54) is 29.3 Å². The second-order valence-electron chi connectivity index (χ2n) is 9.17. The average Bonchev–Trinajstić information content (AvgIpc) is 3.55. The van der Waals surface area contributed by atoms with Crippen molar-refractivity contribution in [3.8, 4) is 0 Å². The summed E-state index contributed by atoms with van der Waals surface area (Å²) in [5.41, 5.74) is 2.72. The molecule has 0 aliphatic heterocycles. The van der Waals surface area contributed by atoms with Gasteiger partial charge in [-0.05, 0) is 82.6 Å². The number of thioether (sulfide) groups is 1. The fraction of sp³-hybridized carbons (Fsp3) is 0.0303. The van der Waals surface area contributed by atoms with E-state index in [9.17, 15) is 14.4 Å². The predicted octanol–water partition coefficient (Wildman–Crippen LogP) is 7.68. The van der Waals surface area contributed by atoms with Crippen LogP contribution in [0.3, 0.4) is 0 Å². The van der Waals surface area contributed by atoms with Gasteiger partial charge in [-0.2, -0.15) is 11.3 Å². The number of carbonyl (C=O) groups excluding carboxylic acids is 3. The van der Waals surface area contributed by atoms with Crippen LogP contribution in [0.4, 0.5) is 11.5 Å². The summed E-state index contributed by atoms with van der Waals surface area (Å²) in [6, 6.07) is 30.5. The molecule has 0 spiro atoms. The molecule has 2 heterocycles. The minimum absolute atomic E-state index is 0.113. The van der Waals surface area contributed by atoms with Crippen LogP contribution in [0.2, 0.25) is 5.02 Å². The van der Waals surface area contributed by atoms with Crippen molar-refractivity contribution in [2.75, 3.05) is 10.6 Å². The van der Waals surface area contributed by atoms with Gasteiger partial charge < -0.3 is 16.0 Å². The van der Waals surface area contributed by atoms with Gasteiger partial charge in [0.05, 0.1) is 5.02 Å². The molecule has 1 atom stereocenters. The number of pyridine rings is 1. The van der Waals surface area contributed by atoms with Gasteiger partial charge in [-0.15, -0.1) is 11.8 Å². The number of amides is 3. The molecule has 10 heteroatoms. The summed E-state index contributed by atoms with van der Waals surface area (Å²) in [6.07, 6.45) is 3.11. The number of halogens is 1. The maximum absolute atomic E-state index is 13.3. The number of nitrogens with zero attached hydrogens (tertiary/aromatic N) is 1. The van der Waals surface area contributed by atoms with Gasteiger partial charge in [-0.1, -0.05) is 60.1 Å². The number of rotatable bonds is 10. The third-order valence-electron chi connectivity index (χ3n) is 6.07. The number of hydrogen-bond acceptors (Lipinski definition) is 6. The van der Waals surface area contributed by atoms with Crippen molar-refractivity contribution < 1.29 is 14.4 Å². The molecule has 0 radical (unpaired) electrons. The molecule has 3 N–H and O–H groups in total. The van der Waals surface area contributed by atoms with Crippen molar-refractivity contribution in [3.05, 3.63) is 147 Å². The molecule has 0 aliphatic rings. The smallest absolute Gasteiger partial charge is 0.272 e. The van der Waals surface area contributed by atoms with Gasteiger partial charge >= 0.3 is 0 Å². The van der Waals surface area contributed by atoms with Crippen LogP contribution >= 0.6 is 34.7 Å². The monoisotopic (exact) mass is 624 g/mol. The summed E-state index contributed by atoms with van der Waals surface area (Å²) in [4.78, 5) is 44.4. The van der Waals surface area contributed by atoms with Crippen molar-refractivity contribution >= 4 is 70.0 Å². The Hall–Kier alpha value is -4.70. The van der Waals surface area contributed by atoms with E-state index >= 15 is 0 Å². The molecule has 7 nitrogen and oxygen atoms in total. The molecule has 2 aromatic heterocycles. The van der Waals surface area contributed by atoms with Gasteiger partial charge in [0.2, 0.25) is 5.91 Å². The zero-order valence-corrected chi connectivity index (χ0v) is 25.0. The molecule has 5 rings (SSSR count). The highest BCUT2D eigenvalue weighted by Gasteiger charge is 2.23. The van der Waals surface area contributed by atoms with Crippen LogP contribution in [0.5, 0.6) is 0 Å². The Kier molecular flexibility index (Phi) is 10.0. The van der Waals surface area contributed by atoms with Crippen molar-refractivity contribution in [1.82, 2.24) is 10.3 Å². The minimum Gasteiger partial charge on any atom is -0.321 e. The van der Waals surface area contributed by atoms with Crippen molar-refractivity contribution in [2.24, 2.45) is 0 Å². The number of hydrogen-bond donors (Lipinski definition) is 3. The molecule has 5 aromatic rings. The van der Waals surface area contributed by atoms with Crippen LogP contribution in [0.1, 0.15) is 26.7 Å². The Morgan fingerprint density at radius 2 is 1.56 bits per heavy atom. The van der Waals surface area contributed by atoms with Crippen LogP contribution < -0.4 is 16.0 Å². The normalized spacial score (nSPS) is 11.8. The zero-order valence-electron chi connectivity index (χ0n) is 22.6. The molecule has 43 heavy (non-hydrogen) atoms. The lowest BCUT2D eigenvalue weighted by Crippen LogP contribution is -2.30. The topological polar surface area (TPSA) is 100 Å². The summed E-state index contributed by atoms with van der Waals surface area (Å²) in [5, 5.41) is 12.1. The van der Waals surface area contributed by atoms with Gasteiger partial charge in [0, 0.05) is 22.3 Å². The third kappa shape index (κ3) is 8.42.